The highest BCUT2D eigenvalue weighted by molar-refractivity contribution is 7.80. The standard InChI is InChI=1S/C27H32FN3O3S/c28-21-5-1-2-6-22(21)29-26(35)30-13-10-27(11-14-30)12-15-31(19-27)25(32)7-3-4-20-8-9-23-24(18-20)34-17-16-33-23/h1-2,5-6,8-9,18H,3-4,7,10-17,19H2,(H,29,35). The quantitative estimate of drug-likeness (QED) is 0.608. The van der Waals surface area contributed by atoms with Gasteiger partial charge in [-0.1, -0.05) is 18.2 Å². The van der Waals surface area contributed by atoms with Crippen LogP contribution in [-0.4, -0.2) is 60.2 Å². The number of likely N-dealkylation sites (tertiary alicyclic amines) is 2. The molecule has 2 saturated heterocycles. The zero-order valence-corrected chi connectivity index (χ0v) is 20.7. The van der Waals surface area contributed by atoms with E-state index in [1.165, 1.54) is 11.6 Å². The van der Waals surface area contributed by atoms with Gasteiger partial charge in [-0.15, -0.1) is 0 Å². The van der Waals surface area contributed by atoms with Gasteiger partial charge in [-0.25, -0.2) is 4.39 Å². The Labute approximate surface area is 211 Å². The topological polar surface area (TPSA) is 54.0 Å². The smallest absolute Gasteiger partial charge is 0.222 e. The van der Waals surface area contributed by atoms with Gasteiger partial charge >= 0.3 is 0 Å². The summed E-state index contributed by atoms with van der Waals surface area (Å²) in [6.45, 7) is 4.49. The Bertz CT molecular complexity index is 1090. The van der Waals surface area contributed by atoms with E-state index in [1.807, 2.05) is 12.1 Å². The Morgan fingerprint density at radius 3 is 2.49 bits per heavy atom. The average molecular weight is 498 g/mol. The highest BCUT2D eigenvalue weighted by atomic mass is 32.1. The second-order valence-corrected chi connectivity index (χ2v) is 10.2. The van der Waals surface area contributed by atoms with Crippen LogP contribution in [0.1, 0.15) is 37.7 Å². The van der Waals surface area contributed by atoms with Crippen molar-refractivity contribution in [1.82, 2.24) is 9.80 Å². The first kappa shape index (κ1) is 23.9. The molecule has 3 aliphatic rings. The first-order valence-corrected chi connectivity index (χ1v) is 12.9. The third-order valence-corrected chi connectivity index (χ3v) is 7.84. The number of benzene rings is 2. The second-order valence-electron chi connectivity index (χ2n) is 9.79. The molecule has 1 N–H and O–H groups in total. The zero-order valence-electron chi connectivity index (χ0n) is 19.9. The molecule has 0 unspecified atom stereocenters. The highest BCUT2D eigenvalue weighted by Gasteiger charge is 2.42. The van der Waals surface area contributed by atoms with Crippen molar-refractivity contribution in [1.29, 1.82) is 0 Å². The summed E-state index contributed by atoms with van der Waals surface area (Å²) in [4.78, 5) is 17.1. The number of ether oxygens (including phenoxy) is 2. The van der Waals surface area contributed by atoms with E-state index in [2.05, 4.69) is 21.2 Å². The Kier molecular flexibility index (Phi) is 7.09. The molecule has 0 aliphatic carbocycles. The number of anilines is 1. The third kappa shape index (κ3) is 5.53. The van der Waals surface area contributed by atoms with Crippen LogP contribution in [0.25, 0.3) is 0 Å². The maximum atomic E-state index is 13.9. The van der Waals surface area contributed by atoms with Gasteiger partial charge in [0.1, 0.15) is 19.0 Å². The third-order valence-electron chi connectivity index (χ3n) is 7.48. The molecule has 0 aromatic heterocycles. The molecule has 6 nitrogen and oxygen atoms in total. The lowest BCUT2D eigenvalue weighted by atomic mass is 9.78. The predicted molar refractivity (Wildman–Crippen MR) is 137 cm³/mol. The number of carbonyl (C=O) groups is 1. The molecular formula is C27H32FN3O3S. The minimum atomic E-state index is -0.303. The number of amides is 1. The van der Waals surface area contributed by atoms with Gasteiger partial charge in [0.15, 0.2) is 16.6 Å². The number of hydrogen-bond acceptors (Lipinski definition) is 4. The molecule has 2 aromatic rings. The minimum Gasteiger partial charge on any atom is -0.486 e. The van der Waals surface area contributed by atoms with E-state index in [9.17, 15) is 9.18 Å². The summed E-state index contributed by atoms with van der Waals surface area (Å²) in [5.41, 5.74) is 1.76. The number of rotatable bonds is 5. The molecule has 1 amide bonds. The average Bonchev–Trinajstić information content (AvgIpc) is 3.29. The molecule has 5 rings (SSSR count). The van der Waals surface area contributed by atoms with Crippen molar-refractivity contribution >= 4 is 28.9 Å². The zero-order chi connectivity index (χ0) is 24.3. The lowest BCUT2D eigenvalue weighted by Gasteiger charge is -2.40. The van der Waals surface area contributed by atoms with Gasteiger partial charge in [0.2, 0.25) is 5.91 Å². The number of hydrogen-bond donors (Lipinski definition) is 1. The predicted octanol–water partition coefficient (Wildman–Crippen LogP) is 4.63. The fourth-order valence-electron chi connectivity index (χ4n) is 5.34. The number of para-hydroxylation sites is 1. The molecule has 3 heterocycles. The summed E-state index contributed by atoms with van der Waals surface area (Å²) in [5, 5.41) is 3.61. The normalized spacial score (nSPS) is 18.5. The molecule has 0 bridgehead atoms. The number of piperidine rings is 1. The van der Waals surface area contributed by atoms with Crippen LogP contribution in [0.4, 0.5) is 10.1 Å². The van der Waals surface area contributed by atoms with E-state index in [0.717, 1.165) is 69.8 Å². The van der Waals surface area contributed by atoms with Crippen LogP contribution in [-0.2, 0) is 11.2 Å². The summed E-state index contributed by atoms with van der Waals surface area (Å²) in [6.07, 6.45) is 5.27. The summed E-state index contributed by atoms with van der Waals surface area (Å²) >= 11 is 5.53. The Morgan fingerprint density at radius 2 is 1.71 bits per heavy atom. The van der Waals surface area contributed by atoms with E-state index in [1.54, 1.807) is 18.2 Å². The molecule has 186 valence electrons. The number of fused-ring (bicyclic) bond motifs is 1. The fourth-order valence-corrected chi connectivity index (χ4v) is 5.63. The van der Waals surface area contributed by atoms with Crippen molar-refractivity contribution in [3.8, 4) is 11.5 Å². The van der Waals surface area contributed by atoms with Gasteiger partial charge in [0, 0.05) is 32.6 Å². The summed E-state index contributed by atoms with van der Waals surface area (Å²) in [5.74, 6) is 1.55. The highest BCUT2D eigenvalue weighted by Crippen LogP contribution is 2.41. The van der Waals surface area contributed by atoms with Gasteiger partial charge < -0.3 is 24.6 Å². The largest absolute Gasteiger partial charge is 0.486 e. The number of carbonyl (C=O) groups excluding carboxylic acids is 1. The Morgan fingerprint density at radius 1 is 1.00 bits per heavy atom. The van der Waals surface area contributed by atoms with E-state index in [0.29, 0.717) is 30.4 Å². The van der Waals surface area contributed by atoms with Crippen molar-refractivity contribution < 1.29 is 18.7 Å². The van der Waals surface area contributed by atoms with Gasteiger partial charge in [-0.3, -0.25) is 4.79 Å². The molecule has 3 aliphatic heterocycles. The summed E-state index contributed by atoms with van der Waals surface area (Å²) in [7, 11) is 0. The van der Waals surface area contributed by atoms with Gasteiger partial charge in [0.25, 0.3) is 0 Å². The molecular weight excluding hydrogens is 465 g/mol. The van der Waals surface area contributed by atoms with Crippen molar-refractivity contribution in [3.05, 3.63) is 53.8 Å². The van der Waals surface area contributed by atoms with Crippen LogP contribution in [0.5, 0.6) is 11.5 Å². The maximum absolute atomic E-state index is 13.9. The Hall–Kier alpha value is -2.87. The number of halogens is 1. The SMILES string of the molecule is O=C(CCCc1ccc2c(c1)OCCO2)N1CCC2(CCN(C(=S)Nc3ccccc3F)CC2)C1. The Balaban J connectivity index is 1.06. The van der Waals surface area contributed by atoms with Crippen LogP contribution < -0.4 is 14.8 Å². The van der Waals surface area contributed by atoms with Crippen molar-refractivity contribution in [2.45, 2.75) is 38.5 Å². The van der Waals surface area contributed by atoms with Crippen molar-refractivity contribution in [2.24, 2.45) is 5.41 Å². The number of nitrogens with zero attached hydrogens (tertiary/aromatic N) is 2. The minimum absolute atomic E-state index is 0.176. The lowest BCUT2D eigenvalue weighted by molar-refractivity contribution is -0.130. The fraction of sp³-hybridized carbons (Fsp3) is 0.481. The van der Waals surface area contributed by atoms with Crippen molar-refractivity contribution in [3.63, 3.8) is 0 Å². The molecule has 8 heteroatoms. The molecule has 0 radical (unpaired) electrons. The van der Waals surface area contributed by atoms with Gasteiger partial charge in [-0.05, 0) is 79.6 Å². The second kappa shape index (κ2) is 10.4. The molecule has 0 saturated carbocycles. The van der Waals surface area contributed by atoms with Crippen LogP contribution in [0, 0.1) is 11.2 Å². The van der Waals surface area contributed by atoms with E-state index in [-0.39, 0.29) is 17.1 Å². The van der Waals surface area contributed by atoms with E-state index >= 15 is 0 Å². The number of nitrogens with one attached hydrogen (secondary N) is 1. The first-order valence-electron chi connectivity index (χ1n) is 12.5. The molecule has 35 heavy (non-hydrogen) atoms. The van der Waals surface area contributed by atoms with Crippen LogP contribution in [0.2, 0.25) is 0 Å². The maximum Gasteiger partial charge on any atom is 0.222 e. The first-order chi connectivity index (χ1) is 17.0. The lowest BCUT2D eigenvalue weighted by Crippen LogP contribution is -2.46. The number of thiocarbonyl (C=S) groups is 1. The van der Waals surface area contributed by atoms with Crippen LogP contribution >= 0.6 is 12.2 Å². The van der Waals surface area contributed by atoms with Crippen LogP contribution in [0.15, 0.2) is 42.5 Å². The molecule has 2 aromatic carbocycles. The van der Waals surface area contributed by atoms with Gasteiger partial charge in [0.05, 0.1) is 5.69 Å². The van der Waals surface area contributed by atoms with Gasteiger partial charge in [-0.2, -0.15) is 0 Å². The summed E-state index contributed by atoms with van der Waals surface area (Å²) < 4.78 is 25.2. The van der Waals surface area contributed by atoms with Crippen molar-refractivity contribution in [2.75, 3.05) is 44.7 Å². The molecule has 2 fully saturated rings. The monoisotopic (exact) mass is 497 g/mol. The van der Waals surface area contributed by atoms with E-state index in [4.69, 9.17) is 21.7 Å². The molecule has 1 spiro atoms. The summed E-state index contributed by atoms with van der Waals surface area (Å²) in [6, 6.07) is 12.6. The van der Waals surface area contributed by atoms with E-state index < -0.39 is 0 Å². The molecule has 0 atom stereocenters. The number of aryl methyl sites for hydroxylation is 1. The van der Waals surface area contributed by atoms with Crippen LogP contribution in [0.3, 0.4) is 0 Å².